The molecular weight excluding hydrogens is 339 g/mol. The molecule has 0 saturated heterocycles. The van der Waals surface area contributed by atoms with Gasteiger partial charge in [0.25, 0.3) is 0 Å². The molecule has 6 N–H and O–H groups in total. The Bertz CT molecular complexity index is 1000. The van der Waals surface area contributed by atoms with E-state index in [2.05, 4.69) is 20.6 Å². The lowest BCUT2D eigenvalue weighted by Crippen LogP contribution is -2.33. The normalized spacial score (nSPS) is 14.9. The number of hydrogen-bond acceptors (Lipinski definition) is 9. The minimum atomic E-state index is -0.961. The van der Waals surface area contributed by atoms with Crippen molar-refractivity contribution in [1.29, 1.82) is 10.5 Å². The Labute approximate surface area is 147 Å². The van der Waals surface area contributed by atoms with Crippen molar-refractivity contribution >= 4 is 23.3 Å². The van der Waals surface area contributed by atoms with Crippen molar-refractivity contribution in [2.45, 2.75) is 6.04 Å². The molecule has 9 nitrogen and oxygen atoms in total. The SMILES string of the molecule is COc1ccc(F)c(C2N=C(NC#N)Nc3nc(N)c(C#N)c(N)c32)c1. The zero-order chi connectivity index (χ0) is 18.8. The van der Waals surface area contributed by atoms with Crippen LogP contribution in [0.15, 0.2) is 23.2 Å². The summed E-state index contributed by atoms with van der Waals surface area (Å²) in [5.74, 6) is -0.00563. The van der Waals surface area contributed by atoms with Crippen molar-refractivity contribution in [2.75, 3.05) is 23.9 Å². The molecule has 1 aromatic carbocycles. The predicted molar refractivity (Wildman–Crippen MR) is 92.4 cm³/mol. The van der Waals surface area contributed by atoms with E-state index < -0.39 is 11.9 Å². The molecule has 2 aromatic rings. The first-order chi connectivity index (χ1) is 12.5. The number of pyridine rings is 1. The maximum atomic E-state index is 14.5. The summed E-state index contributed by atoms with van der Waals surface area (Å²) >= 11 is 0. The Morgan fingerprint density at radius 3 is 2.77 bits per heavy atom. The second-order valence-corrected chi connectivity index (χ2v) is 5.29. The summed E-state index contributed by atoms with van der Waals surface area (Å²) in [6.45, 7) is 0. The average Bonchev–Trinajstić information content (AvgIpc) is 2.62. The van der Waals surface area contributed by atoms with Gasteiger partial charge < -0.3 is 21.5 Å². The van der Waals surface area contributed by atoms with E-state index in [1.54, 1.807) is 6.19 Å². The Morgan fingerprint density at radius 1 is 1.35 bits per heavy atom. The van der Waals surface area contributed by atoms with Crippen LogP contribution in [-0.2, 0) is 0 Å². The third-order valence-electron chi connectivity index (χ3n) is 3.86. The van der Waals surface area contributed by atoms with Crippen LogP contribution < -0.4 is 26.8 Å². The number of hydrogen-bond donors (Lipinski definition) is 4. The number of halogens is 1. The van der Waals surface area contributed by atoms with Crippen LogP contribution in [0.3, 0.4) is 0 Å². The smallest absolute Gasteiger partial charge is 0.211 e. The molecule has 0 fully saturated rings. The standard InChI is InChI=1S/C16H13FN8O/c1-26-7-2-3-10(17)8(4-7)13-11-12(20)9(5-18)14(21)24-15(11)25-16(23-13)22-6-19/h2-4,13H,1H3,(H6,20,21,22,23,24,25). The maximum absolute atomic E-state index is 14.5. The quantitative estimate of drug-likeness (QED) is 0.463. The number of methoxy groups -OCH3 is 1. The highest BCUT2D eigenvalue weighted by atomic mass is 19.1. The fourth-order valence-electron chi connectivity index (χ4n) is 2.66. The number of ether oxygens (including phenoxy) is 1. The molecule has 1 atom stereocenters. The fraction of sp³-hybridized carbons (Fsp3) is 0.125. The molecule has 1 aromatic heterocycles. The predicted octanol–water partition coefficient (Wildman–Crippen LogP) is 1.21. The van der Waals surface area contributed by atoms with Crippen LogP contribution in [0.25, 0.3) is 0 Å². The van der Waals surface area contributed by atoms with Crippen molar-refractivity contribution in [1.82, 2.24) is 10.3 Å². The van der Waals surface area contributed by atoms with Crippen molar-refractivity contribution in [2.24, 2.45) is 4.99 Å². The largest absolute Gasteiger partial charge is 0.497 e. The molecular formula is C16H13FN8O. The monoisotopic (exact) mass is 352 g/mol. The molecule has 1 aliphatic heterocycles. The molecule has 0 amide bonds. The van der Waals surface area contributed by atoms with Gasteiger partial charge in [0.15, 0.2) is 6.19 Å². The lowest BCUT2D eigenvalue weighted by molar-refractivity contribution is 0.412. The minimum absolute atomic E-state index is 0.0225. The summed E-state index contributed by atoms with van der Waals surface area (Å²) < 4.78 is 19.6. The summed E-state index contributed by atoms with van der Waals surface area (Å²) in [7, 11) is 1.45. The number of nitrogens with zero attached hydrogens (tertiary/aromatic N) is 4. The van der Waals surface area contributed by atoms with Crippen LogP contribution in [-0.4, -0.2) is 18.1 Å². The third kappa shape index (κ3) is 2.65. The highest BCUT2D eigenvalue weighted by Crippen LogP contribution is 2.41. The van der Waals surface area contributed by atoms with Gasteiger partial charge in [-0.25, -0.2) is 14.4 Å². The van der Waals surface area contributed by atoms with Gasteiger partial charge in [-0.3, -0.25) is 5.32 Å². The molecule has 1 unspecified atom stereocenters. The van der Waals surface area contributed by atoms with Crippen LogP contribution in [0.1, 0.15) is 22.7 Å². The third-order valence-corrected chi connectivity index (χ3v) is 3.86. The van der Waals surface area contributed by atoms with Gasteiger partial charge in [0.05, 0.1) is 12.8 Å². The van der Waals surface area contributed by atoms with E-state index >= 15 is 0 Å². The maximum Gasteiger partial charge on any atom is 0.211 e. The summed E-state index contributed by atoms with van der Waals surface area (Å²) in [4.78, 5) is 8.40. The van der Waals surface area contributed by atoms with E-state index in [4.69, 9.17) is 21.5 Å². The van der Waals surface area contributed by atoms with Gasteiger partial charge in [-0.2, -0.15) is 10.5 Å². The molecule has 130 valence electrons. The average molecular weight is 352 g/mol. The number of nitrogens with two attached hydrogens (primary N) is 2. The van der Waals surface area contributed by atoms with Crippen molar-refractivity contribution in [3.8, 4) is 18.0 Å². The molecule has 0 bridgehead atoms. The first-order valence-electron chi connectivity index (χ1n) is 7.32. The van der Waals surface area contributed by atoms with Crippen molar-refractivity contribution < 1.29 is 9.13 Å². The lowest BCUT2D eigenvalue weighted by Gasteiger charge is -2.26. The number of nitrogen functional groups attached to an aromatic ring is 2. The number of guanidine groups is 1. The molecule has 0 radical (unpaired) electrons. The minimum Gasteiger partial charge on any atom is -0.497 e. The zero-order valence-corrected chi connectivity index (χ0v) is 13.5. The number of fused-ring (bicyclic) bond motifs is 1. The summed E-state index contributed by atoms with van der Waals surface area (Å²) in [6.07, 6.45) is 1.72. The number of anilines is 3. The molecule has 2 heterocycles. The molecule has 0 aliphatic carbocycles. The Hall–Kier alpha value is -4.05. The van der Waals surface area contributed by atoms with E-state index in [1.165, 1.54) is 25.3 Å². The van der Waals surface area contributed by atoms with Gasteiger partial charge in [0.2, 0.25) is 5.96 Å². The zero-order valence-electron chi connectivity index (χ0n) is 13.5. The molecule has 0 saturated carbocycles. The lowest BCUT2D eigenvalue weighted by atomic mass is 9.94. The molecule has 1 aliphatic rings. The Kier molecular flexibility index (Phi) is 4.17. The van der Waals surface area contributed by atoms with E-state index in [0.717, 1.165) is 0 Å². The second kappa shape index (κ2) is 6.45. The number of benzene rings is 1. The molecule has 0 spiro atoms. The summed E-state index contributed by atoms with van der Waals surface area (Å²) in [5.41, 5.74) is 12.3. The second-order valence-electron chi connectivity index (χ2n) is 5.29. The topological polar surface area (TPSA) is 158 Å². The first-order valence-corrected chi connectivity index (χ1v) is 7.32. The van der Waals surface area contributed by atoms with Crippen LogP contribution in [0, 0.1) is 28.6 Å². The van der Waals surface area contributed by atoms with Gasteiger partial charge in [0.1, 0.15) is 40.9 Å². The van der Waals surface area contributed by atoms with Crippen molar-refractivity contribution in [3.05, 3.63) is 40.7 Å². The number of aliphatic imine (C=N–C) groups is 1. The number of aromatic nitrogens is 1. The number of nitrogens with one attached hydrogen (secondary N) is 2. The van der Waals surface area contributed by atoms with Crippen LogP contribution in [0.5, 0.6) is 5.75 Å². The van der Waals surface area contributed by atoms with E-state index in [-0.39, 0.29) is 40.0 Å². The number of nitriles is 2. The van der Waals surface area contributed by atoms with E-state index in [1.807, 2.05) is 6.07 Å². The van der Waals surface area contributed by atoms with Crippen LogP contribution in [0.4, 0.5) is 21.7 Å². The van der Waals surface area contributed by atoms with E-state index in [0.29, 0.717) is 5.75 Å². The molecule has 26 heavy (non-hydrogen) atoms. The Morgan fingerprint density at radius 2 is 2.12 bits per heavy atom. The van der Waals surface area contributed by atoms with Gasteiger partial charge in [-0.15, -0.1) is 0 Å². The van der Waals surface area contributed by atoms with Gasteiger partial charge in [-0.05, 0) is 18.2 Å². The van der Waals surface area contributed by atoms with Gasteiger partial charge in [-0.1, -0.05) is 0 Å². The van der Waals surface area contributed by atoms with Crippen molar-refractivity contribution in [3.63, 3.8) is 0 Å². The van der Waals surface area contributed by atoms with E-state index in [9.17, 15) is 9.65 Å². The van der Waals surface area contributed by atoms with Gasteiger partial charge >= 0.3 is 0 Å². The van der Waals surface area contributed by atoms with Crippen LogP contribution >= 0.6 is 0 Å². The summed E-state index contributed by atoms with van der Waals surface area (Å²) in [5, 5.41) is 23.2. The highest BCUT2D eigenvalue weighted by Gasteiger charge is 2.31. The van der Waals surface area contributed by atoms with Crippen LogP contribution in [0.2, 0.25) is 0 Å². The number of rotatable bonds is 2. The van der Waals surface area contributed by atoms with Gasteiger partial charge in [0, 0.05) is 11.1 Å². The fourth-order valence-corrected chi connectivity index (χ4v) is 2.66. The molecule has 3 rings (SSSR count). The first kappa shape index (κ1) is 16.8. The molecule has 10 heteroatoms. The Balaban J connectivity index is 2.29. The summed E-state index contributed by atoms with van der Waals surface area (Å²) in [6, 6.07) is 5.08. The highest BCUT2D eigenvalue weighted by molar-refractivity contribution is 5.98.